The average molecular weight is 966 g/mol. The zero-order valence-corrected chi connectivity index (χ0v) is 40.6. The Morgan fingerprint density at radius 1 is 0.549 bits per heavy atom. The maximum atomic E-state index is 12.9. The fourth-order valence-electron chi connectivity index (χ4n) is 6.38. The molecule has 13 nitrogen and oxygen atoms in total. The molecule has 71 heavy (non-hydrogen) atoms. The lowest BCUT2D eigenvalue weighted by atomic mass is 9.98. The summed E-state index contributed by atoms with van der Waals surface area (Å²) in [5.41, 5.74) is 0. The number of aliphatic carboxylic acids is 1. The molecule has 8 atom stereocenters. The van der Waals surface area contributed by atoms with Crippen LogP contribution >= 0.6 is 0 Å². The second kappa shape index (κ2) is 42.9. The third-order valence-electron chi connectivity index (χ3n) is 10.1. The van der Waals surface area contributed by atoms with Crippen LogP contribution in [-0.4, -0.2) is 111 Å². The lowest BCUT2D eigenvalue weighted by molar-refractivity contribution is -0.303. The van der Waals surface area contributed by atoms with Crippen LogP contribution in [0.1, 0.15) is 136 Å². The number of aliphatic hydroxyl groups is 5. The molecule has 0 spiro atoms. The van der Waals surface area contributed by atoms with Crippen LogP contribution < -0.4 is 5.32 Å². The summed E-state index contributed by atoms with van der Waals surface area (Å²) in [4.78, 5) is 35.9. The summed E-state index contributed by atoms with van der Waals surface area (Å²) in [7, 11) is 0. The van der Waals surface area contributed by atoms with Crippen molar-refractivity contribution in [3.63, 3.8) is 0 Å². The summed E-state index contributed by atoms with van der Waals surface area (Å²) in [5.74, 6) is 56.9. The molecule has 0 aromatic heterocycles. The lowest BCUT2D eigenvalue weighted by Gasteiger charge is -2.40. The van der Waals surface area contributed by atoms with Gasteiger partial charge in [0.2, 0.25) is 0 Å². The van der Waals surface area contributed by atoms with Crippen molar-refractivity contribution in [2.45, 2.75) is 185 Å². The van der Waals surface area contributed by atoms with E-state index in [0.29, 0.717) is 32.1 Å². The van der Waals surface area contributed by atoms with E-state index in [-0.39, 0.29) is 19.3 Å². The zero-order chi connectivity index (χ0) is 52.0. The molecule has 1 amide bonds. The largest absolute Gasteiger partial charge is 0.481 e. The fourth-order valence-corrected chi connectivity index (χ4v) is 6.38. The van der Waals surface area contributed by atoms with Crippen LogP contribution in [0, 0.1) is 142 Å². The molecule has 1 heterocycles. The number of aliphatic hydroxyl groups excluding tert-OH is 5. The highest BCUT2D eigenvalue weighted by Crippen LogP contribution is 2.24. The third-order valence-corrected chi connectivity index (χ3v) is 10.1. The van der Waals surface area contributed by atoms with Gasteiger partial charge in [-0.25, -0.2) is 0 Å². The van der Waals surface area contributed by atoms with E-state index in [1.165, 1.54) is 44.9 Å². The summed E-state index contributed by atoms with van der Waals surface area (Å²) in [5, 5.41) is 65.3. The predicted octanol–water partition coefficient (Wildman–Crippen LogP) is 3.14. The van der Waals surface area contributed by atoms with Gasteiger partial charge in [-0.1, -0.05) is 103 Å². The molecule has 1 rings (SSSR count). The van der Waals surface area contributed by atoms with Gasteiger partial charge < -0.3 is 50.2 Å². The molecule has 2 unspecified atom stereocenters. The minimum absolute atomic E-state index is 0.0322. The number of amides is 1. The summed E-state index contributed by atoms with van der Waals surface area (Å²) in [6.07, 6.45) is 4.88. The number of hydrogen-bond acceptors (Lipinski definition) is 11. The number of esters is 1. The van der Waals surface area contributed by atoms with E-state index >= 15 is 0 Å². The highest BCUT2D eigenvalue weighted by Gasteiger charge is 2.45. The molecule has 1 aliphatic heterocycles. The Balaban J connectivity index is 2.89. The topological polar surface area (TPSA) is 212 Å². The first-order chi connectivity index (χ1) is 34.5. The molecule has 0 aliphatic carbocycles. The minimum atomic E-state index is -1.79. The van der Waals surface area contributed by atoms with Crippen LogP contribution in [0.25, 0.3) is 0 Å². The second-order valence-electron chi connectivity index (χ2n) is 15.8. The minimum Gasteiger partial charge on any atom is -0.481 e. The molecular weight excluding hydrogens is 903 g/mol. The molecule has 372 valence electrons. The van der Waals surface area contributed by atoms with Crippen molar-refractivity contribution in [2.24, 2.45) is 0 Å². The zero-order valence-electron chi connectivity index (χ0n) is 40.6. The molecule has 1 fully saturated rings. The van der Waals surface area contributed by atoms with Crippen LogP contribution in [-0.2, 0) is 28.6 Å². The van der Waals surface area contributed by atoms with Crippen molar-refractivity contribution < 1.29 is 59.2 Å². The Bertz CT molecular complexity index is 2480. The average Bonchev–Trinajstić information content (AvgIpc) is 3.35. The highest BCUT2D eigenvalue weighted by atomic mass is 16.7. The smallest absolute Gasteiger partial charge is 0.305 e. The predicted molar refractivity (Wildman–Crippen MR) is 268 cm³/mol. The first kappa shape index (κ1) is 61.9. The number of carbonyl (C=O) groups is 3. The summed E-state index contributed by atoms with van der Waals surface area (Å²) >= 11 is 0. The van der Waals surface area contributed by atoms with E-state index in [1.807, 2.05) is 0 Å². The van der Waals surface area contributed by atoms with E-state index in [2.05, 4.69) is 154 Å². The standard InChI is InChI=1S/C58H63NO12/c1-3-5-7-9-11-13-15-17-18-19-20-21-22-23-24-25-26-27-29-31-33-35-39-43-51(61)59-48(54(65)49(60)42-38-34-32-30-28-16-14-12-10-8-6-4-2)46-70-58-57(68)56(67)55(66)50(71-58)47-69-53(64)45-41-37-36-40-44-52(62)63/h48-50,54-58,60,65-68H,4,6,8,10,12,14,16,28,30,32,34,36-38,40-42,44-47H2,1-2H3,(H,59,61)(H,62,63)/t48-,49+,50?,54-,55-,56-,57?,58-/m0/s1. The summed E-state index contributed by atoms with van der Waals surface area (Å²) in [6, 6.07) is -1.30. The maximum absolute atomic E-state index is 12.9. The third kappa shape index (κ3) is 33.9. The molecule has 1 saturated heterocycles. The van der Waals surface area contributed by atoms with Gasteiger partial charge in [-0.05, 0) is 121 Å². The SMILES string of the molecule is CC#CC#CC#CC#CC#CC#CC#CC#CC#CC#CC#CC#CC(=O)N[C@@H](CO[C@H]1OC(COC(=O)CCCCCCC(=O)O)[C@H](O)[C@H](O)C1O)[C@H](O)[C@H](O)CCCCCCCCCCCCCC. The van der Waals surface area contributed by atoms with E-state index < -0.39 is 80.0 Å². The number of nitrogens with one attached hydrogen (secondary N) is 1. The Labute approximate surface area is 421 Å². The van der Waals surface area contributed by atoms with Crippen molar-refractivity contribution in [1.82, 2.24) is 5.32 Å². The molecule has 13 heteroatoms. The van der Waals surface area contributed by atoms with Crippen LogP contribution in [0.3, 0.4) is 0 Å². The summed E-state index contributed by atoms with van der Waals surface area (Å²) < 4.78 is 16.6. The Kier molecular flexibility index (Phi) is 37.4. The fraction of sp³-hybridized carbons (Fsp3) is 0.534. The number of carboxylic acid groups (broad SMARTS) is 1. The Morgan fingerprint density at radius 3 is 1.44 bits per heavy atom. The van der Waals surface area contributed by atoms with Crippen LogP contribution in [0.2, 0.25) is 0 Å². The van der Waals surface area contributed by atoms with Gasteiger partial charge in [-0.3, -0.25) is 14.4 Å². The quantitative estimate of drug-likeness (QED) is 0.0343. The van der Waals surface area contributed by atoms with Crippen molar-refractivity contribution >= 4 is 17.8 Å². The van der Waals surface area contributed by atoms with Crippen molar-refractivity contribution in [3.05, 3.63) is 0 Å². The monoisotopic (exact) mass is 965 g/mol. The first-order valence-electron chi connectivity index (χ1n) is 23.8. The van der Waals surface area contributed by atoms with Crippen molar-refractivity contribution in [1.29, 1.82) is 0 Å². The number of carboxylic acids is 1. The Morgan fingerprint density at radius 2 is 0.972 bits per heavy atom. The van der Waals surface area contributed by atoms with E-state index in [1.54, 1.807) is 6.92 Å². The molecule has 0 aromatic carbocycles. The van der Waals surface area contributed by atoms with Gasteiger partial charge in [-0.2, -0.15) is 0 Å². The van der Waals surface area contributed by atoms with Gasteiger partial charge in [0.15, 0.2) is 6.29 Å². The Hall–Kier alpha value is -7.15. The molecule has 1 aliphatic rings. The molecule has 0 radical (unpaired) electrons. The number of hydrogen-bond donors (Lipinski definition) is 7. The molecular formula is C58H63NO12. The second-order valence-corrected chi connectivity index (χ2v) is 15.8. The molecule has 0 aromatic rings. The molecule has 7 N–H and O–H groups in total. The van der Waals surface area contributed by atoms with Crippen LogP contribution in [0.5, 0.6) is 0 Å². The highest BCUT2D eigenvalue weighted by molar-refractivity contribution is 5.94. The van der Waals surface area contributed by atoms with E-state index in [4.69, 9.17) is 19.3 Å². The van der Waals surface area contributed by atoms with Crippen LogP contribution in [0.15, 0.2) is 0 Å². The number of carbonyl (C=O) groups excluding carboxylic acids is 2. The van der Waals surface area contributed by atoms with Gasteiger partial charge in [0.25, 0.3) is 5.91 Å². The maximum Gasteiger partial charge on any atom is 0.305 e. The van der Waals surface area contributed by atoms with Gasteiger partial charge in [0, 0.05) is 54.3 Å². The number of unbranched alkanes of at least 4 members (excludes halogenated alkanes) is 14. The molecule has 0 bridgehead atoms. The number of ether oxygens (including phenoxy) is 3. The van der Waals surface area contributed by atoms with Gasteiger partial charge >= 0.3 is 11.9 Å². The van der Waals surface area contributed by atoms with Gasteiger partial charge in [-0.15, -0.1) is 0 Å². The molecule has 0 saturated carbocycles. The number of rotatable bonds is 28. The van der Waals surface area contributed by atoms with Gasteiger partial charge in [0.05, 0.1) is 18.8 Å². The van der Waals surface area contributed by atoms with E-state index in [0.717, 1.165) is 25.7 Å². The van der Waals surface area contributed by atoms with E-state index in [9.17, 15) is 39.9 Å². The summed E-state index contributed by atoms with van der Waals surface area (Å²) in [6.45, 7) is 2.84. The normalized spacial score (nSPS) is 16.7. The van der Waals surface area contributed by atoms with Crippen molar-refractivity contribution in [2.75, 3.05) is 13.2 Å². The first-order valence-corrected chi connectivity index (χ1v) is 23.8. The van der Waals surface area contributed by atoms with Gasteiger partial charge in [0.1, 0.15) is 37.1 Å². The van der Waals surface area contributed by atoms with Crippen molar-refractivity contribution in [3.8, 4) is 142 Å². The van der Waals surface area contributed by atoms with Crippen LogP contribution in [0.4, 0.5) is 0 Å². The lowest BCUT2D eigenvalue weighted by Crippen LogP contribution is -2.60.